The molecule has 116 valence electrons. The van der Waals surface area contributed by atoms with Crippen molar-refractivity contribution in [2.45, 2.75) is 6.04 Å². The van der Waals surface area contributed by atoms with Crippen molar-refractivity contribution in [3.05, 3.63) is 29.6 Å². The fourth-order valence-corrected chi connectivity index (χ4v) is 2.07. The van der Waals surface area contributed by atoms with Gasteiger partial charge in [-0.2, -0.15) is 0 Å². The van der Waals surface area contributed by atoms with E-state index in [1.54, 1.807) is 0 Å². The molecule has 1 atom stereocenters. The number of benzene rings is 1. The van der Waals surface area contributed by atoms with Crippen LogP contribution >= 0.6 is 11.8 Å². The van der Waals surface area contributed by atoms with Crippen molar-refractivity contribution in [1.82, 2.24) is 0 Å². The molecule has 0 spiro atoms. The molecule has 5 nitrogen and oxygen atoms in total. The zero-order valence-corrected chi connectivity index (χ0v) is 11.8. The summed E-state index contributed by atoms with van der Waals surface area (Å²) in [7, 11) is 1.19. The van der Waals surface area contributed by atoms with Gasteiger partial charge in [0.05, 0.1) is 18.6 Å². The first kappa shape index (κ1) is 17.3. The minimum atomic E-state index is -1.66. The van der Waals surface area contributed by atoms with Gasteiger partial charge in [0, 0.05) is 5.75 Å². The first-order chi connectivity index (χ1) is 9.86. The van der Waals surface area contributed by atoms with Gasteiger partial charge in [-0.1, -0.05) is 0 Å². The van der Waals surface area contributed by atoms with E-state index < -0.39 is 41.1 Å². The number of amides is 1. The summed E-state index contributed by atoms with van der Waals surface area (Å²) in [6, 6.07) is 0.734. The predicted molar refractivity (Wildman–Crippen MR) is 72.3 cm³/mol. The van der Waals surface area contributed by atoms with E-state index in [9.17, 15) is 22.8 Å². The molecular formula is C12H13F3N2O3S. The first-order valence-electron chi connectivity index (χ1n) is 5.71. The van der Waals surface area contributed by atoms with Crippen molar-refractivity contribution in [2.24, 2.45) is 5.73 Å². The minimum absolute atomic E-state index is 0.125. The van der Waals surface area contributed by atoms with Gasteiger partial charge in [-0.3, -0.25) is 9.59 Å². The second-order valence-corrected chi connectivity index (χ2v) is 4.95. The maximum atomic E-state index is 13.3. The third kappa shape index (κ3) is 4.94. The highest BCUT2D eigenvalue weighted by Gasteiger charge is 2.17. The number of nitrogens with one attached hydrogen (secondary N) is 1. The molecule has 0 aliphatic carbocycles. The summed E-state index contributed by atoms with van der Waals surface area (Å²) in [6.45, 7) is 0. The molecule has 0 heterocycles. The number of methoxy groups -OCH3 is 1. The van der Waals surface area contributed by atoms with Crippen LogP contribution in [-0.4, -0.2) is 36.5 Å². The van der Waals surface area contributed by atoms with E-state index in [1.807, 2.05) is 0 Å². The van der Waals surface area contributed by atoms with Crippen LogP contribution in [0.3, 0.4) is 0 Å². The van der Waals surface area contributed by atoms with E-state index in [4.69, 9.17) is 5.73 Å². The van der Waals surface area contributed by atoms with Gasteiger partial charge in [-0.25, -0.2) is 13.2 Å². The molecule has 21 heavy (non-hydrogen) atoms. The molecule has 0 aliphatic rings. The lowest BCUT2D eigenvalue weighted by atomic mass is 10.3. The molecule has 9 heteroatoms. The van der Waals surface area contributed by atoms with Crippen molar-refractivity contribution < 1.29 is 27.5 Å². The highest BCUT2D eigenvalue weighted by molar-refractivity contribution is 8.00. The fraction of sp³-hybridized carbons (Fsp3) is 0.333. The molecule has 3 N–H and O–H groups in total. The predicted octanol–water partition coefficient (Wildman–Crippen LogP) is 1.28. The molecule has 1 amide bonds. The normalized spacial score (nSPS) is 11.9. The lowest BCUT2D eigenvalue weighted by molar-refractivity contribution is -0.141. The molecule has 0 radical (unpaired) electrons. The molecule has 1 aromatic carbocycles. The Morgan fingerprint density at radius 3 is 2.62 bits per heavy atom. The summed E-state index contributed by atoms with van der Waals surface area (Å²) in [6.07, 6.45) is 0. The van der Waals surface area contributed by atoms with Crippen molar-refractivity contribution in [3.8, 4) is 0 Å². The quantitative estimate of drug-likeness (QED) is 0.609. The summed E-state index contributed by atoms with van der Waals surface area (Å²) in [5.41, 5.74) is 4.99. The van der Waals surface area contributed by atoms with E-state index in [0.29, 0.717) is 6.07 Å². The molecule has 0 aliphatic heterocycles. The number of hydrogen-bond donors (Lipinski definition) is 2. The first-order valence-corrected chi connectivity index (χ1v) is 6.86. The maximum absolute atomic E-state index is 13.3. The molecular weight excluding hydrogens is 309 g/mol. The van der Waals surface area contributed by atoms with Crippen LogP contribution < -0.4 is 11.1 Å². The molecule has 0 fully saturated rings. The van der Waals surface area contributed by atoms with Crippen LogP contribution in [0.15, 0.2) is 12.1 Å². The lowest BCUT2D eigenvalue weighted by Gasteiger charge is -2.09. The van der Waals surface area contributed by atoms with Crippen molar-refractivity contribution in [3.63, 3.8) is 0 Å². The third-order valence-corrected chi connectivity index (χ3v) is 3.40. The third-order valence-electron chi connectivity index (χ3n) is 2.34. The number of nitrogens with two attached hydrogens (primary N) is 1. The Balaban J connectivity index is 2.48. The molecule has 0 aromatic heterocycles. The number of carbonyl (C=O) groups excluding carboxylic acids is 2. The minimum Gasteiger partial charge on any atom is -0.468 e. The number of anilines is 1. The number of halogens is 3. The Bertz CT molecular complexity index is 543. The average molecular weight is 322 g/mol. The fourth-order valence-electron chi connectivity index (χ4n) is 1.31. The van der Waals surface area contributed by atoms with Crippen LogP contribution in [0.1, 0.15) is 0 Å². The molecule has 1 aromatic rings. The van der Waals surface area contributed by atoms with Crippen LogP contribution in [0.4, 0.5) is 18.9 Å². The summed E-state index contributed by atoms with van der Waals surface area (Å²) >= 11 is 1.02. The van der Waals surface area contributed by atoms with Crippen LogP contribution in [0.2, 0.25) is 0 Å². The molecule has 0 saturated heterocycles. The topological polar surface area (TPSA) is 81.4 Å². The van der Waals surface area contributed by atoms with E-state index in [-0.39, 0.29) is 11.5 Å². The number of esters is 1. The highest BCUT2D eigenvalue weighted by Crippen LogP contribution is 2.19. The van der Waals surface area contributed by atoms with Gasteiger partial charge in [-0.15, -0.1) is 11.8 Å². The second kappa shape index (κ2) is 7.89. The zero-order valence-electron chi connectivity index (χ0n) is 11.0. The SMILES string of the molecule is COC(=O)C(N)CSCC(=O)Nc1ccc(F)c(F)c1F. The summed E-state index contributed by atoms with van der Waals surface area (Å²) in [4.78, 5) is 22.5. The number of rotatable bonds is 6. The van der Waals surface area contributed by atoms with Crippen molar-refractivity contribution in [2.75, 3.05) is 23.9 Å². The van der Waals surface area contributed by atoms with Crippen LogP contribution in [0.25, 0.3) is 0 Å². The number of thioether (sulfide) groups is 1. The molecule has 0 saturated carbocycles. The van der Waals surface area contributed by atoms with E-state index in [2.05, 4.69) is 10.1 Å². The Morgan fingerprint density at radius 2 is 2.00 bits per heavy atom. The van der Waals surface area contributed by atoms with E-state index in [0.717, 1.165) is 17.8 Å². The summed E-state index contributed by atoms with van der Waals surface area (Å²) < 4.78 is 43.4. The van der Waals surface area contributed by atoms with Gasteiger partial charge in [0.1, 0.15) is 6.04 Å². The van der Waals surface area contributed by atoms with Gasteiger partial charge in [0.2, 0.25) is 5.91 Å². The second-order valence-electron chi connectivity index (χ2n) is 3.92. The van der Waals surface area contributed by atoms with E-state index >= 15 is 0 Å². The van der Waals surface area contributed by atoms with E-state index in [1.165, 1.54) is 7.11 Å². The zero-order chi connectivity index (χ0) is 16.0. The van der Waals surface area contributed by atoms with Crippen LogP contribution in [0.5, 0.6) is 0 Å². The number of hydrogen-bond acceptors (Lipinski definition) is 5. The van der Waals surface area contributed by atoms with Gasteiger partial charge in [0.15, 0.2) is 17.5 Å². The molecule has 1 unspecified atom stereocenters. The standard InChI is InChI=1S/C12H13F3N2O3S/c1-20-12(19)7(16)4-21-5-9(18)17-8-3-2-6(13)10(14)11(8)15/h2-3,7H,4-5,16H2,1H3,(H,17,18). The Kier molecular flexibility index (Phi) is 6.50. The number of ether oxygens (including phenoxy) is 1. The smallest absolute Gasteiger partial charge is 0.323 e. The Morgan fingerprint density at radius 1 is 1.33 bits per heavy atom. The van der Waals surface area contributed by atoms with Crippen LogP contribution in [0, 0.1) is 17.5 Å². The largest absolute Gasteiger partial charge is 0.468 e. The highest BCUT2D eigenvalue weighted by atomic mass is 32.2. The van der Waals surface area contributed by atoms with Crippen molar-refractivity contribution in [1.29, 1.82) is 0 Å². The Labute approximate surface area is 123 Å². The summed E-state index contributed by atoms with van der Waals surface area (Å²) in [5.74, 6) is -5.74. The maximum Gasteiger partial charge on any atom is 0.323 e. The van der Waals surface area contributed by atoms with Gasteiger partial charge in [0.25, 0.3) is 0 Å². The number of carbonyl (C=O) groups is 2. The average Bonchev–Trinajstić information content (AvgIpc) is 2.46. The molecule has 0 bridgehead atoms. The van der Waals surface area contributed by atoms with Gasteiger partial charge < -0.3 is 15.8 Å². The summed E-state index contributed by atoms with van der Waals surface area (Å²) in [5, 5.41) is 2.10. The van der Waals surface area contributed by atoms with Gasteiger partial charge >= 0.3 is 5.97 Å². The monoisotopic (exact) mass is 322 g/mol. The van der Waals surface area contributed by atoms with Crippen LogP contribution in [-0.2, 0) is 14.3 Å². The molecule has 1 rings (SSSR count). The van der Waals surface area contributed by atoms with Gasteiger partial charge in [-0.05, 0) is 12.1 Å². The lowest BCUT2D eigenvalue weighted by Crippen LogP contribution is -2.34. The Hall–Kier alpha value is -1.74. The van der Waals surface area contributed by atoms with Crippen molar-refractivity contribution >= 4 is 29.3 Å².